The van der Waals surface area contributed by atoms with Gasteiger partial charge in [0.15, 0.2) is 40.6 Å². The Balaban J connectivity index is 1.57. The number of hydrogen-bond acceptors (Lipinski definition) is 10. The smallest absolute Gasteiger partial charge is 0.235 e. The molecule has 13 nitrogen and oxygen atoms in total. The average molecular weight is 605 g/mol. The van der Waals surface area contributed by atoms with E-state index in [9.17, 15) is 34.2 Å². The van der Waals surface area contributed by atoms with Crippen molar-refractivity contribution in [1.82, 2.24) is 4.90 Å². The quantitative estimate of drug-likeness (QED) is 0.127. The van der Waals surface area contributed by atoms with Crippen molar-refractivity contribution in [2.45, 2.75) is 31.0 Å². The number of carbonyl (C=O) groups is 5. The van der Waals surface area contributed by atoms with E-state index < -0.39 is 70.1 Å². The standard InChI is InChI=1S/C31H36N6O7/c1-36(2)19-12-18(35-30(33)34-13-14-8-6-5-7-9-14)24(38)21-16(19)10-15-11-17-23(37(3)4)26(40)22(29(32)43)28(42)31(17,44)27(41)20(15)25(21)39/h5-9,12,15,17,20,22-23,38,44H,10-11,13H2,1-4H3,(H2,32,43)(H3,33,34,35)/t15-,17-,20?,22?,23?,31-/m0/s1. The Morgan fingerprint density at radius 1 is 1.07 bits per heavy atom. The molecular weight excluding hydrogens is 568 g/mol. The molecule has 6 atom stereocenters. The van der Waals surface area contributed by atoms with Crippen LogP contribution in [0.4, 0.5) is 11.4 Å². The molecule has 7 N–H and O–H groups in total. The van der Waals surface area contributed by atoms with Crippen molar-refractivity contribution >= 4 is 46.4 Å². The van der Waals surface area contributed by atoms with E-state index >= 15 is 0 Å². The lowest BCUT2D eigenvalue weighted by Gasteiger charge is -2.52. The van der Waals surface area contributed by atoms with Gasteiger partial charge in [0.05, 0.1) is 29.8 Å². The van der Waals surface area contributed by atoms with Crippen LogP contribution in [-0.2, 0) is 32.1 Å². The highest BCUT2D eigenvalue weighted by Crippen LogP contribution is 2.52. The molecule has 2 saturated carbocycles. The van der Waals surface area contributed by atoms with Gasteiger partial charge in [0.1, 0.15) is 5.75 Å². The minimum Gasteiger partial charge on any atom is -0.505 e. The predicted molar refractivity (Wildman–Crippen MR) is 161 cm³/mol. The maximum Gasteiger partial charge on any atom is 0.235 e. The number of likely N-dealkylation sites (N-methyl/N-ethyl adjacent to an activating group) is 1. The van der Waals surface area contributed by atoms with E-state index in [2.05, 4.69) is 10.3 Å². The zero-order valence-electron chi connectivity index (χ0n) is 24.9. The molecule has 0 aromatic heterocycles. The van der Waals surface area contributed by atoms with Crippen LogP contribution in [0.25, 0.3) is 0 Å². The van der Waals surface area contributed by atoms with Gasteiger partial charge in [0.25, 0.3) is 0 Å². The first-order chi connectivity index (χ1) is 20.7. The van der Waals surface area contributed by atoms with Crippen molar-refractivity contribution < 1.29 is 34.2 Å². The molecule has 3 unspecified atom stereocenters. The molecule has 5 rings (SSSR count). The van der Waals surface area contributed by atoms with Crippen LogP contribution in [-0.4, -0.2) is 89.9 Å². The van der Waals surface area contributed by atoms with Crippen molar-refractivity contribution in [3.63, 3.8) is 0 Å². The van der Waals surface area contributed by atoms with Crippen molar-refractivity contribution in [3.05, 3.63) is 53.1 Å². The second kappa shape index (κ2) is 11.1. The SMILES string of the molecule is CN(C)c1cc(NC(N)=NCc2ccccc2)c(O)c2c1C[C@H]1C[C@H]3C(N(C)C)C(=O)C(C(N)=O)C(=O)[C@@]3(O)C(=O)C1C2=O. The molecule has 13 heteroatoms. The minimum absolute atomic E-state index is 0.0227. The number of fused-ring (bicyclic) bond motifs is 3. The van der Waals surface area contributed by atoms with E-state index in [1.165, 1.54) is 4.90 Å². The molecule has 232 valence electrons. The number of ketones is 4. The number of aromatic hydroxyl groups is 1. The summed E-state index contributed by atoms with van der Waals surface area (Å²) in [4.78, 5) is 74.7. The lowest BCUT2D eigenvalue weighted by atomic mass is 9.52. The molecule has 0 heterocycles. The largest absolute Gasteiger partial charge is 0.505 e. The number of guanidine groups is 1. The number of rotatable bonds is 6. The van der Waals surface area contributed by atoms with E-state index in [1.54, 1.807) is 39.2 Å². The maximum atomic E-state index is 14.1. The number of anilines is 2. The molecule has 0 saturated heterocycles. The van der Waals surface area contributed by atoms with Gasteiger partial charge < -0.3 is 31.9 Å². The molecule has 3 aliphatic carbocycles. The van der Waals surface area contributed by atoms with Crippen LogP contribution in [0.2, 0.25) is 0 Å². The van der Waals surface area contributed by atoms with Gasteiger partial charge in [-0.1, -0.05) is 30.3 Å². The first-order valence-electron chi connectivity index (χ1n) is 14.2. The van der Waals surface area contributed by atoms with E-state index in [4.69, 9.17) is 11.5 Å². The molecular formula is C31H36N6O7. The molecule has 2 aromatic carbocycles. The Labute approximate surface area is 253 Å². The molecule has 0 spiro atoms. The fourth-order valence-electron chi connectivity index (χ4n) is 7.08. The molecule has 44 heavy (non-hydrogen) atoms. The van der Waals surface area contributed by atoms with Crippen LogP contribution in [0.1, 0.15) is 27.9 Å². The maximum absolute atomic E-state index is 14.1. The number of nitrogens with zero attached hydrogens (tertiary/aromatic N) is 3. The number of phenolic OH excluding ortho intramolecular Hbond substituents is 1. The Morgan fingerprint density at radius 3 is 2.32 bits per heavy atom. The number of benzene rings is 2. The van der Waals surface area contributed by atoms with Crippen molar-refractivity contribution in [2.75, 3.05) is 38.4 Å². The first kappa shape index (κ1) is 30.8. The lowest BCUT2D eigenvalue weighted by molar-refractivity contribution is -0.181. The highest BCUT2D eigenvalue weighted by atomic mass is 16.3. The number of carbonyl (C=O) groups excluding carboxylic acids is 5. The monoisotopic (exact) mass is 604 g/mol. The number of amides is 1. The molecule has 0 aliphatic heterocycles. The molecule has 0 radical (unpaired) electrons. The molecule has 0 bridgehead atoms. The van der Waals surface area contributed by atoms with Crippen LogP contribution >= 0.6 is 0 Å². The second-order valence-corrected chi connectivity index (χ2v) is 12.1. The third kappa shape index (κ3) is 4.72. The lowest BCUT2D eigenvalue weighted by Crippen LogP contribution is -2.74. The fourth-order valence-corrected chi connectivity index (χ4v) is 7.08. The zero-order valence-corrected chi connectivity index (χ0v) is 24.9. The van der Waals surface area contributed by atoms with Crippen LogP contribution in [0.15, 0.2) is 41.4 Å². The van der Waals surface area contributed by atoms with Gasteiger partial charge in [0.2, 0.25) is 5.91 Å². The summed E-state index contributed by atoms with van der Waals surface area (Å²) < 4.78 is 0. The van der Waals surface area contributed by atoms with Crippen LogP contribution < -0.4 is 21.7 Å². The summed E-state index contributed by atoms with van der Waals surface area (Å²) in [5.74, 6) is -11.1. The highest BCUT2D eigenvalue weighted by molar-refractivity contribution is 6.32. The number of nitrogens with one attached hydrogen (secondary N) is 1. The van der Waals surface area contributed by atoms with Crippen LogP contribution in [0, 0.1) is 23.7 Å². The number of primary amides is 1. The Kier molecular flexibility index (Phi) is 7.80. The zero-order chi connectivity index (χ0) is 32.2. The summed E-state index contributed by atoms with van der Waals surface area (Å²) in [7, 11) is 6.60. The predicted octanol–water partition coefficient (Wildman–Crippen LogP) is -0.140. The molecule has 2 aromatic rings. The van der Waals surface area contributed by atoms with Gasteiger partial charge in [0, 0.05) is 25.7 Å². The third-order valence-electron chi connectivity index (χ3n) is 9.06. The van der Waals surface area contributed by atoms with Gasteiger partial charge in [-0.3, -0.25) is 28.9 Å². The van der Waals surface area contributed by atoms with Crippen molar-refractivity contribution in [1.29, 1.82) is 0 Å². The highest BCUT2D eigenvalue weighted by Gasteiger charge is 2.69. The Hall–Kier alpha value is -4.62. The van der Waals surface area contributed by atoms with Gasteiger partial charge in [-0.2, -0.15) is 0 Å². The summed E-state index contributed by atoms with van der Waals surface area (Å²) in [5.41, 5.74) is 10.6. The number of aliphatic hydroxyl groups is 1. The fraction of sp³-hybridized carbons (Fsp3) is 0.419. The summed E-state index contributed by atoms with van der Waals surface area (Å²) >= 11 is 0. The van der Waals surface area contributed by atoms with Gasteiger partial charge >= 0.3 is 0 Å². The van der Waals surface area contributed by atoms with Gasteiger partial charge in [-0.25, -0.2) is 4.99 Å². The summed E-state index contributed by atoms with van der Waals surface area (Å²) in [6.07, 6.45) is 0.112. The number of Topliss-reactive ketones (excluding diaryl/α,β-unsaturated/α-hetero) is 4. The average Bonchev–Trinajstić information content (AvgIpc) is 2.95. The molecule has 2 fully saturated rings. The van der Waals surface area contributed by atoms with E-state index in [0.717, 1.165) is 5.56 Å². The van der Waals surface area contributed by atoms with E-state index in [-0.39, 0.29) is 36.6 Å². The number of nitrogens with two attached hydrogens (primary N) is 2. The summed E-state index contributed by atoms with van der Waals surface area (Å²) in [5, 5.41) is 26.0. The Morgan fingerprint density at radius 2 is 1.73 bits per heavy atom. The van der Waals surface area contributed by atoms with E-state index in [0.29, 0.717) is 11.3 Å². The van der Waals surface area contributed by atoms with Crippen LogP contribution in [0.5, 0.6) is 5.75 Å². The second-order valence-electron chi connectivity index (χ2n) is 12.1. The van der Waals surface area contributed by atoms with Crippen molar-refractivity contribution in [3.8, 4) is 5.75 Å². The van der Waals surface area contributed by atoms with Gasteiger partial charge in [-0.05, 0) is 50.0 Å². The topological polar surface area (TPSA) is 209 Å². The molecule has 1 amide bonds. The van der Waals surface area contributed by atoms with Crippen LogP contribution in [0.3, 0.4) is 0 Å². The molecule has 3 aliphatic rings. The number of hydrogen-bond donors (Lipinski definition) is 5. The summed E-state index contributed by atoms with van der Waals surface area (Å²) in [6, 6.07) is 9.83. The van der Waals surface area contributed by atoms with E-state index in [1.807, 2.05) is 30.3 Å². The number of phenols is 1. The summed E-state index contributed by atoms with van der Waals surface area (Å²) in [6.45, 7) is 0.264. The van der Waals surface area contributed by atoms with Gasteiger partial charge in [-0.15, -0.1) is 0 Å². The van der Waals surface area contributed by atoms with Crippen molar-refractivity contribution in [2.24, 2.45) is 40.1 Å². The third-order valence-corrected chi connectivity index (χ3v) is 9.06. The minimum atomic E-state index is -2.79. The first-order valence-corrected chi connectivity index (χ1v) is 14.2. The Bertz CT molecular complexity index is 1600. The number of aliphatic imine (C=N–C) groups is 1. The normalized spacial score (nSPS) is 28.3.